The van der Waals surface area contributed by atoms with Gasteiger partial charge in [0.15, 0.2) is 0 Å². The summed E-state index contributed by atoms with van der Waals surface area (Å²) < 4.78 is 0. The minimum Gasteiger partial charge on any atom is -0.399 e. The molecular weight excluding hydrogens is 272 g/mol. The molecule has 3 N–H and O–H groups in total. The van der Waals surface area contributed by atoms with E-state index in [4.69, 9.17) is 5.73 Å². The van der Waals surface area contributed by atoms with Gasteiger partial charge in [-0.25, -0.2) is 0 Å². The standard InChI is InChI=1S/C16H24N2O.ClH/c1-10-4-7-15(12(3)8-10)18-16(19)14-9-13(17)6-5-11(14)2;/h5-6,9-10,12,15H,4,7-8,17H2,1-3H3,(H,18,19);1H. The van der Waals surface area contributed by atoms with Gasteiger partial charge in [-0.3, -0.25) is 4.79 Å². The Morgan fingerprint density at radius 1 is 1.30 bits per heavy atom. The molecule has 1 aliphatic carbocycles. The molecule has 0 radical (unpaired) electrons. The number of amides is 1. The summed E-state index contributed by atoms with van der Waals surface area (Å²) in [5.74, 6) is 1.34. The van der Waals surface area contributed by atoms with E-state index in [2.05, 4.69) is 19.2 Å². The first kappa shape index (κ1) is 16.8. The largest absolute Gasteiger partial charge is 0.399 e. The monoisotopic (exact) mass is 296 g/mol. The predicted molar refractivity (Wildman–Crippen MR) is 86.3 cm³/mol. The number of carbonyl (C=O) groups is 1. The van der Waals surface area contributed by atoms with Gasteiger partial charge in [-0.1, -0.05) is 19.9 Å². The molecule has 0 bridgehead atoms. The van der Waals surface area contributed by atoms with Crippen LogP contribution >= 0.6 is 12.4 Å². The molecule has 3 unspecified atom stereocenters. The molecule has 0 heterocycles. The zero-order chi connectivity index (χ0) is 14.0. The average molecular weight is 297 g/mol. The number of hydrogen-bond acceptors (Lipinski definition) is 2. The van der Waals surface area contributed by atoms with Crippen LogP contribution in [0.1, 0.15) is 49.0 Å². The van der Waals surface area contributed by atoms with Gasteiger partial charge < -0.3 is 11.1 Å². The lowest BCUT2D eigenvalue weighted by molar-refractivity contribution is 0.0899. The Bertz CT molecular complexity index is 476. The fourth-order valence-corrected chi connectivity index (χ4v) is 3.01. The molecule has 0 aliphatic heterocycles. The Morgan fingerprint density at radius 2 is 2.00 bits per heavy atom. The summed E-state index contributed by atoms with van der Waals surface area (Å²) in [6.45, 7) is 6.46. The number of nitrogens with two attached hydrogens (primary N) is 1. The van der Waals surface area contributed by atoms with Gasteiger partial charge in [-0.15, -0.1) is 12.4 Å². The van der Waals surface area contributed by atoms with Crippen molar-refractivity contribution in [3.05, 3.63) is 29.3 Å². The van der Waals surface area contributed by atoms with Crippen molar-refractivity contribution in [3.63, 3.8) is 0 Å². The number of benzene rings is 1. The van der Waals surface area contributed by atoms with Gasteiger partial charge >= 0.3 is 0 Å². The number of halogens is 1. The molecule has 3 nitrogen and oxygen atoms in total. The molecule has 1 saturated carbocycles. The minimum atomic E-state index is 0. The van der Waals surface area contributed by atoms with Gasteiger partial charge in [0.1, 0.15) is 0 Å². The van der Waals surface area contributed by atoms with Crippen LogP contribution in [0.25, 0.3) is 0 Å². The highest BCUT2D eigenvalue weighted by atomic mass is 35.5. The lowest BCUT2D eigenvalue weighted by atomic mass is 9.80. The van der Waals surface area contributed by atoms with Crippen LogP contribution in [0, 0.1) is 18.8 Å². The highest BCUT2D eigenvalue weighted by Crippen LogP contribution is 2.29. The molecule has 3 atom stereocenters. The minimum absolute atomic E-state index is 0. The summed E-state index contributed by atoms with van der Waals surface area (Å²) >= 11 is 0. The maximum atomic E-state index is 12.3. The number of anilines is 1. The van der Waals surface area contributed by atoms with Crippen molar-refractivity contribution in [3.8, 4) is 0 Å². The summed E-state index contributed by atoms with van der Waals surface area (Å²) in [7, 11) is 0. The molecule has 4 heteroatoms. The second kappa shape index (κ2) is 6.98. The van der Waals surface area contributed by atoms with Crippen LogP contribution in [-0.2, 0) is 0 Å². The third kappa shape index (κ3) is 3.89. The van der Waals surface area contributed by atoms with Gasteiger partial charge in [-0.05, 0) is 55.7 Å². The molecule has 1 fully saturated rings. The Morgan fingerprint density at radius 3 is 2.65 bits per heavy atom. The number of nitrogens with one attached hydrogen (secondary N) is 1. The molecule has 0 spiro atoms. The first-order chi connectivity index (χ1) is 8.97. The van der Waals surface area contributed by atoms with E-state index in [1.54, 1.807) is 6.07 Å². The van der Waals surface area contributed by atoms with E-state index < -0.39 is 0 Å². The Balaban J connectivity index is 0.00000200. The van der Waals surface area contributed by atoms with Gasteiger partial charge in [0, 0.05) is 17.3 Å². The second-order valence-corrected chi connectivity index (χ2v) is 6.05. The lowest BCUT2D eigenvalue weighted by Gasteiger charge is -2.33. The highest BCUT2D eigenvalue weighted by Gasteiger charge is 2.27. The molecule has 1 aromatic carbocycles. The quantitative estimate of drug-likeness (QED) is 0.820. The molecule has 1 amide bonds. The van der Waals surface area contributed by atoms with Crippen LogP contribution in [0.3, 0.4) is 0 Å². The van der Waals surface area contributed by atoms with Gasteiger partial charge in [-0.2, -0.15) is 0 Å². The normalized spacial score (nSPS) is 25.6. The summed E-state index contributed by atoms with van der Waals surface area (Å²) in [6.07, 6.45) is 3.47. The summed E-state index contributed by atoms with van der Waals surface area (Å²) in [5.41, 5.74) is 8.08. The van der Waals surface area contributed by atoms with Crippen molar-refractivity contribution in [2.45, 2.75) is 46.1 Å². The fraction of sp³-hybridized carbons (Fsp3) is 0.562. The third-order valence-electron chi connectivity index (χ3n) is 4.25. The van der Waals surface area contributed by atoms with E-state index in [0.717, 1.165) is 17.9 Å². The van der Waals surface area contributed by atoms with E-state index >= 15 is 0 Å². The number of aryl methyl sites for hydroxylation is 1. The van der Waals surface area contributed by atoms with Crippen LogP contribution in [-0.4, -0.2) is 11.9 Å². The Hall–Kier alpha value is -1.22. The summed E-state index contributed by atoms with van der Waals surface area (Å²) in [4.78, 5) is 12.3. The van der Waals surface area contributed by atoms with Crippen molar-refractivity contribution in [2.75, 3.05) is 5.73 Å². The number of hydrogen-bond donors (Lipinski definition) is 2. The maximum absolute atomic E-state index is 12.3. The molecule has 2 rings (SSSR count). The smallest absolute Gasteiger partial charge is 0.251 e. The third-order valence-corrected chi connectivity index (χ3v) is 4.25. The maximum Gasteiger partial charge on any atom is 0.251 e. The number of rotatable bonds is 2. The van der Waals surface area contributed by atoms with Crippen LogP contribution in [0.15, 0.2) is 18.2 Å². The zero-order valence-corrected chi connectivity index (χ0v) is 13.3. The highest BCUT2D eigenvalue weighted by molar-refractivity contribution is 5.96. The molecule has 0 saturated heterocycles. The molecule has 0 aromatic heterocycles. The Labute approximate surface area is 127 Å². The SMILES string of the molecule is Cc1ccc(N)cc1C(=O)NC1CCC(C)CC1C.Cl. The van der Waals surface area contributed by atoms with E-state index in [9.17, 15) is 4.79 Å². The van der Waals surface area contributed by atoms with E-state index in [1.165, 1.54) is 12.8 Å². The van der Waals surface area contributed by atoms with Crippen molar-refractivity contribution in [1.82, 2.24) is 5.32 Å². The van der Waals surface area contributed by atoms with Crippen molar-refractivity contribution >= 4 is 24.0 Å². The summed E-state index contributed by atoms with van der Waals surface area (Å²) in [5, 5.41) is 3.18. The number of nitrogen functional groups attached to an aromatic ring is 1. The van der Waals surface area contributed by atoms with E-state index in [1.807, 2.05) is 19.1 Å². The zero-order valence-electron chi connectivity index (χ0n) is 12.5. The van der Waals surface area contributed by atoms with Crippen molar-refractivity contribution in [2.24, 2.45) is 11.8 Å². The molecule has 1 aliphatic rings. The number of carbonyl (C=O) groups excluding carboxylic acids is 1. The second-order valence-electron chi connectivity index (χ2n) is 6.05. The lowest BCUT2D eigenvalue weighted by Crippen LogP contribution is -2.42. The van der Waals surface area contributed by atoms with E-state index in [-0.39, 0.29) is 18.3 Å². The molecule has 112 valence electrons. The predicted octanol–water partition coefficient (Wildman–Crippen LogP) is 3.55. The van der Waals surface area contributed by atoms with E-state index in [0.29, 0.717) is 23.2 Å². The molecule has 1 aromatic rings. The van der Waals surface area contributed by atoms with Crippen LogP contribution in [0.5, 0.6) is 0 Å². The first-order valence-electron chi connectivity index (χ1n) is 7.14. The van der Waals surface area contributed by atoms with Gasteiger partial charge in [0.05, 0.1) is 0 Å². The summed E-state index contributed by atoms with van der Waals surface area (Å²) in [6, 6.07) is 5.79. The van der Waals surface area contributed by atoms with Crippen LogP contribution in [0.2, 0.25) is 0 Å². The van der Waals surface area contributed by atoms with Gasteiger partial charge in [0.2, 0.25) is 0 Å². The molecular formula is C16H25ClN2O. The van der Waals surface area contributed by atoms with Crippen LogP contribution < -0.4 is 11.1 Å². The average Bonchev–Trinajstić information content (AvgIpc) is 2.35. The van der Waals surface area contributed by atoms with Crippen molar-refractivity contribution < 1.29 is 4.79 Å². The fourth-order valence-electron chi connectivity index (χ4n) is 3.01. The topological polar surface area (TPSA) is 55.1 Å². The van der Waals surface area contributed by atoms with Crippen molar-refractivity contribution in [1.29, 1.82) is 0 Å². The first-order valence-corrected chi connectivity index (χ1v) is 7.14. The van der Waals surface area contributed by atoms with Gasteiger partial charge in [0.25, 0.3) is 5.91 Å². The van der Waals surface area contributed by atoms with Crippen LogP contribution in [0.4, 0.5) is 5.69 Å². The molecule has 20 heavy (non-hydrogen) atoms. The Kier molecular flexibility index (Phi) is 5.88.